The molecule has 1 N–H and O–H groups in total. The lowest BCUT2D eigenvalue weighted by Gasteiger charge is -2.22. The van der Waals surface area contributed by atoms with Gasteiger partial charge in [0.05, 0.1) is 36.2 Å². The molecule has 156 valence electrons. The Bertz CT molecular complexity index is 852. The van der Waals surface area contributed by atoms with Crippen LogP contribution in [0.1, 0.15) is 45.9 Å². The Kier molecular flexibility index (Phi) is 6.59. The zero-order chi connectivity index (χ0) is 20.5. The molecular weight excluding hydrogens is 383 g/mol. The number of aromatic nitrogens is 2. The highest BCUT2D eigenvalue weighted by molar-refractivity contribution is 7.47. The number of benzene rings is 1. The van der Waals surface area contributed by atoms with Crippen LogP contribution in [0, 0.1) is 6.92 Å². The second-order valence-electron chi connectivity index (χ2n) is 7.61. The van der Waals surface area contributed by atoms with Crippen molar-refractivity contribution in [1.82, 2.24) is 9.55 Å². The molecule has 1 saturated heterocycles. The number of hydrogen-bond donors (Lipinski definition) is 1. The van der Waals surface area contributed by atoms with Gasteiger partial charge in [0, 0.05) is 6.42 Å². The SMILES string of the molecule is Cc1cccc2c1ncn2[C@H]1CC(OP(=O)(O)OC(C)C)C(COC(C)C)O1. The van der Waals surface area contributed by atoms with E-state index in [1.54, 1.807) is 20.2 Å². The minimum atomic E-state index is -4.20. The highest BCUT2D eigenvalue weighted by atomic mass is 31.2. The lowest BCUT2D eigenvalue weighted by Crippen LogP contribution is -2.30. The fourth-order valence-corrected chi connectivity index (χ4v) is 4.46. The summed E-state index contributed by atoms with van der Waals surface area (Å²) in [6.45, 7) is 9.47. The third-order valence-corrected chi connectivity index (χ3v) is 5.73. The molecule has 28 heavy (non-hydrogen) atoms. The number of phosphoric ester groups is 1. The quantitative estimate of drug-likeness (QED) is 0.656. The highest BCUT2D eigenvalue weighted by Gasteiger charge is 2.42. The molecule has 0 spiro atoms. The van der Waals surface area contributed by atoms with Crippen molar-refractivity contribution < 1.29 is 28.0 Å². The summed E-state index contributed by atoms with van der Waals surface area (Å²) in [5, 5.41) is 0. The number of fused-ring (bicyclic) bond motifs is 1. The van der Waals surface area contributed by atoms with E-state index in [0.717, 1.165) is 16.6 Å². The maximum Gasteiger partial charge on any atom is 0.472 e. The molecule has 0 bridgehead atoms. The van der Waals surface area contributed by atoms with E-state index >= 15 is 0 Å². The van der Waals surface area contributed by atoms with Gasteiger partial charge in [0.15, 0.2) is 0 Å². The number of ether oxygens (including phenoxy) is 2. The van der Waals surface area contributed by atoms with Crippen LogP contribution in [0.25, 0.3) is 11.0 Å². The van der Waals surface area contributed by atoms with Gasteiger partial charge in [-0.1, -0.05) is 12.1 Å². The van der Waals surface area contributed by atoms with Gasteiger partial charge in [-0.2, -0.15) is 0 Å². The first-order valence-corrected chi connectivity index (χ1v) is 11.0. The number of para-hydroxylation sites is 1. The average Bonchev–Trinajstić information content (AvgIpc) is 3.16. The van der Waals surface area contributed by atoms with Crippen molar-refractivity contribution in [3.05, 3.63) is 30.1 Å². The first kappa shape index (κ1) is 21.4. The van der Waals surface area contributed by atoms with Gasteiger partial charge in [-0.25, -0.2) is 9.55 Å². The third kappa shape index (κ3) is 5.00. The summed E-state index contributed by atoms with van der Waals surface area (Å²) in [6.07, 6.45) is 0.182. The number of rotatable bonds is 8. The molecule has 8 nitrogen and oxygen atoms in total. The maximum absolute atomic E-state index is 12.3. The molecule has 2 heterocycles. The molecule has 1 fully saturated rings. The minimum Gasteiger partial charge on any atom is -0.376 e. The maximum atomic E-state index is 12.3. The smallest absolute Gasteiger partial charge is 0.376 e. The summed E-state index contributed by atoms with van der Waals surface area (Å²) in [5.74, 6) is 0. The van der Waals surface area contributed by atoms with E-state index in [9.17, 15) is 9.46 Å². The van der Waals surface area contributed by atoms with Gasteiger partial charge < -0.3 is 18.9 Å². The summed E-state index contributed by atoms with van der Waals surface area (Å²) in [6, 6.07) is 5.95. The monoisotopic (exact) mass is 412 g/mol. The predicted molar refractivity (Wildman–Crippen MR) is 105 cm³/mol. The molecule has 4 atom stereocenters. The van der Waals surface area contributed by atoms with Gasteiger partial charge in [0.2, 0.25) is 0 Å². The van der Waals surface area contributed by atoms with Crippen molar-refractivity contribution in [2.24, 2.45) is 0 Å². The summed E-state index contributed by atoms with van der Waals surface area (Å²) in [7, 11) is -4.20. The zero-order valence-corrected chi connectivity index (χ0v) is 17.8. The zero-order valence-electron chi connectivity index (χ0n) is 16.9. The molecule has 3 unspecified atom stereocenters. The fraction of sp³-hybridized carbons (Fsp3) is 0.632. The van der Waals surface area contributed by atoms with Gasteiger partial charge >= 0.3 is 7.82 Å². The van der Waals surface area contributed by atoms with E-state index in [2.05, 4.69) is 4.98 Å². The first-order chi connectivity index (χ1) is 13.2. The van der Waals surface area contributed by atoms with Crippen LogP contribution in [0.5, 0.6) is 0 Å². The van der Waals surface area contributed by atoms with Crippen LogP contribution in [0.4, 0.5) is 0 Å². The van der Waals surface area contributed by atoms with E-state index in [-0.39, 0.29) is 18.9 Å². The standard InChI is InChI=1S/C19H29N2O6P/c1-12(2)24-10-17-16(27-28(22,23)26-13(3)4)9-18(25-17)21-11-20-19-14(5)7-6-8-15(19)21/h6-8,11-13,16-18H,9-10H2,1-5H3,(H,22,23)/t16?,17?,18-/m1/s1. The Labute approximate surface area is 165 Å². The number of nitrogens with zero attached hydrogens (tertiary/aromatic N) is 2. The summed E-state index contributed by atoms with van der Waals surface area (Å²) in [4.78, 5) is 14.5. The highest BCUT2D eigenvalue weighted by Crippen LogP contribution is 2.49. The van der Waals surface area contributed by atoms with Gasteiger partial charge in [-0.3, -0.25) is 9.05 Å². The van der Waals surface area contributed by atoms with E-state index in [1.807, 2.05) is 43.5 Å². The van der Waals surface area contributed by atoms with Crippen LogP contribution in [-0.4, -0.2) is 45.5 Å². The Morgan fingerprint density at radius 3 is 2.75 bits per heavy atom. The molecule has 0 saturated carbocycles. The Balaban J connectivity index is 1.82. The average molecular weight is 412 g/mol. The van der Waals surface area contributed by atoms with Crippen LogP contribution >= 0.6 is 7.82 Å². The van der Waals surface area contributed by atoms with Crippen LogP contribution in [0.2, 0.25) is 0 Å². The number of imidazole rings is 1. The van der Waals surface area contributed by atoms with Crippen molar-refractivity contribution in [2.75, 3.05) is 6.61 Å². The van der Waals surface area contributed by atoms with E-state index in [4.69, 9.17) is 18.5 Å². The topological polar surface area (TPSA) is 92.0 Å². The minimum absolute atomic E-state index is 0.00729. The number of hydrogen-bond acceptors (Lipinski definition) is 6. The second-order valence-corrected chi connectivity index (χ2v) is 8.97. The van der Waals surface area contributed by atoms with E-state index in [0.29, 0.717) is 6.42 Å². The molecule has 9 heteroatoms. The molecule has 0 radical (unpaired) electrons. The lowest BCUT2D eigenvalue weighted by molar-refractivity contribution is -0.0731. The van der Waals surface area contributed by atoms with Gasteiger partial charge in [-0.05, 0) is 46.2 Å². The van der Waals surface area contributed by atoms with Crippen molar-refractivity contribution in [3.8, 4) is 0 Å². The van der Waals surface area contributed by atoms with Gasteiger partial charge in [-0.15, -0.1) is 0 Å². The fourth-order valence-electron chi connectivity index (χ4n) is 3.31. The second kappa shape index (κ2) is 8.61. The van der Waals surface area contributed by atoms with E-state index in [1.165, 1.54) is 0 Å². The molecule has 3 rings (SSSR count). The molecule has 0 aliphatic carbocycles. The molecule has 1 aromatic carbocycles. The number of phosphoric acid groups is 1. The van der Waals surface area contributed by atoms with Crippen molar-refractivity contribution in [1.29, 1.82) is 0 Å². The predicted octanol–water partition coefficient (Wildman–Crippen LogP) is 3.97. The van der Waals surface area contributed by atoms with Crippen LogP contribution in [-0.2, 0) is 23.1 Å². The lowest BCUT2D eigenvalue weighted by atomic mass is 10.2. The summed E-state index contributed by atoms with van der Waals surface area (Å²) < 4.78 is 36.6. The van der Waals surface area contributed by atoms with Gasteiger partial charge in [0.25, 0.3) is 0 Å². The summed E-state index contributed by atoms with van der Waals surface area (Å²) >= 11 is 0. The summed E-state index contributed by atoms with van der Waals surface area (Å²) in [5.41, 5.74) is 2.92. The largest absolute Gasteiger partial charge is 0.472 e. The Morgan fingerprint density at radius 1 is 1.32 bits per heavy atom. The van der Waals surface area contributed by atoms with Crippen molar-refractivity contribution in [2.45, 2.75) is 71.7 Å². The normalized spacial score (nSPS) is 25.1. The number of aryl methyl sites for hydroxylation is 1. The third-order valence-electron chi connectivity index (χ3n) is 4.50. The van der Waals surface area contributed by atoms with Crippen molar-refractivity contribution in [3.63, 3.8) is 0 Å². The first-order valence-electron chi connectivity index (χ1n) is 9.55. The van der Waals surface area contributed by atoms with Crippen molar-refractivity contribution >= 4 is 18.9 Å². The van der Waals surface area contributed by atoms with Crippen LogP contribution in [0.3, 0.4) is 0 Å². The molecule has 1 aromatic heterocycles. The van der Waals surface area contributed by atoms with Gasteiger partial charge in [0.1, 0.15) is 18.4 Å². The van der Waals surface area contributed by atoms with E-state index < -0.39 is 26.1 Å². The molecular formula is C19H29N2O6P. The van der Waals surface area contributed by atoms with Crippen LogP contribution in [0.15, 0.2) is 24.5 Å². The van der Waals surface area contributed by atoms with Crippen LogP contribution < -0.4 is 0 Å². The molecule has 1 aliphatic rings. The molecule has 0 amide bonds. The molecule has 2 aromatic rings. The molecule has 1 aliphatic heterocycles. The Hall–Kier alpha value is -1.28. The Morgan fingerprint density at radius 2 is 2.07 bits per heavy atom.